The van der Waals surface area contributed by atoms with Crippen molar-refractivity contribution in [1.29, 1.82) is 0 Å². The maximum absolute atomic E-state index is 13.5. The van der Waals surface area contributed by atoms with Crippen LogP contribution in [0.2, 0.25) is 0 Å². The minimum atomic E-state index is -0.801. The molecule has 1 unspecified atom stereocenters. The van der Waals surface area contributed by atoms with Crippen LogP contribution >= 0.6 is 0 Å². The molecule has 0 aliphatic rings. The Bertz CT molecular complexity index is 428. The molecule has 1 atom stereocenters. The molecule has 2 nitrogen and oxygen atoms in total. The van der Waals surface area contributed by atoms with E-state index in [1.807, 2.05) is 6.92 Å². The number of hydrogen-bond donors (Lipinski definition) is 1. The van der Waals surface area contributed by atoms with Gasteiger partial charge in [0.05, 0.1) is 6.04 Å². The summed E-state index contributed by atoms with van der Waals surface area (Å²) in [6, 6.07) is 4.11. The SMILES string of the molecule is CCNC(c1ccc(F)c(F)c1)C(C)(C)N(CC)CC. The summed E-state index contributed by atoms with van der Waals surface area (Å²) in [6.45, 7) is 13.1. The van der Waals surface area contributed by atoms with Gasteiger partial charge in [-0.2, -0.15) is 0 Å². The van der Waals surface area contributed by atoms with Crippen molar-refractivity contribution in [3.8, 4) is 0 Å². The van der Waals surface area contributed by atoms with Crippen LogP contribution in [0.3, 0.4) is 0 Å². The maximum Gasteiger partial charge on any atom is 0.159 e. The molecule has 0 aromatic heterocycles. The highest BCUT2D eigenvalue weighted by Crippen LogP contribution is 2.31. The molecule has 0 aliphatic carbocycles. The molecule has 20 heavy (non-hydrogen) atoms. The van der Waals surface area contributed by atoms with E-state index in [2.05, 4.69) is 37.9 Å². The maximum atomic E-state index is 13.5. The molecule has 4 heteroatoms. The van der Waals surface area contributed by atoms with Gasteiger partial charge in [-0.25, -0.2) is 8.78 Å². The molecular weight excluding hydrogens is 258 g/mol. The number of likely N-dealkylation sites (N-methyl/N-ethyl adjacent to an activating group) is 2. The summed E-state index contributed by atoms with van der Waals surface area (Å²) >= 11 is 0. The largest absolute Gasteiger partial charge is 0.309 e. The molecule has 0 aliphatic heterocycles. The Labute approximate surface area is 121 Å². The molecule has 114 valence electrons. The van der Waals surface area contributed by atoms with Gasteiger partial charge in [0.2, 0.25) is 0 Å². The summed E-state index contributed by atoms with van der Waals surface area (Å²) in [5, 5.41) is 3.40. The lowest BCUT2D eigenvalue weighted by Gasteiger charge is -2.44. The summed E-state index contributed by atoms with van der Waals surface area (Å²) < 4.78 is 26.6. The van der Waals surface area contributed by atoms with E-state index < -0.39 is 11.6 Å². The predicted molar refractivity (Wildman–Crippen MR) is 79.8 cm³/mol. The zero-order valence-corrected chi connectivity index (χ0v) is 13.1. The highest BCUT2D eigenvalue weighted by Gasteiger charge is 2.34. The number of hydrogen-bond acceptors (Lipinski definition) is 2. The summed E-state index contributed by atoms with van der Waals surface area (Å²) in [7, 11) is 0. The lowest BCUT2D eigenvalue weighted by atomic mass is 9.86. The van der Waals surface area contributed by atoms with Gasteiger partial charge < -0.3 is 5.32 Å². The van der Waals surface area contributed by atoms with E-state index in [1.54, 1.807) is 6.07 Å². The van der Waals surface area contributed by atoms with Gasteiger partial charge in [0.1, 0.15) is 0 Å². The van der Waals surface area contributed by atoms with Crippen LogP contribution in [0.4, 0.5) is 8.78 Å². The summed E-state index contributed by atoms with van der Waals surface area (Å²) in [5.74, 6) is -1.59. The van der Waals surface area contributed by atoms with Crippen LogP contribution in [-0.4, -0.2) is 30.1 Å². The molecule has 0 saturated heterocycles. The zero-order chi connectivity index (χ0) is 15.3. The number of nitrogens with zero attached hydrogens (tertiary/aromatic N) is 1. The molecule has 0 bridgehead atoms. The van der Waals surface area contributed by atoms with Gasteiger partial charge in [0, 0.05) is 5.54 Å². The van der Waals surface area contributed by atoms with Gasteiger partial charge in [0.15, 0.2) is 11.6 Å². The normalized spacial score (nSPS) is 13.8. The minimum Gasteiger partial charge on any atom is -0.309 e. The van der Waals surface area contributed by atoms with Crippen LogP contribution in [0.25, 0.3) is 0 Å². The average molecular weight is 284 g/mol. The highest BCUT2D eigenvalue weighted by molar-refractivity contribution is 5.24. The highest BCUT2D eigenvalue weighted by atomic mass is 19.2. The minimum absolute atomic E-state index is 0.0532. The van der Waals surface area contributed by atoms with Crippen LogP contribution in [0.15, 0.2) is 18.2 Å². The van der Waals surface area contributed by atoms with Gasteiger partial charge in [-0.05, 0) is 51.2 Å². The van der Waals surface area contributed by atoms with E-state index in [-0.39, 0.29) is 11.6 Å². The first-order valence-corrected chi connectivity index (χ1v) is 7.31. The molecular formula is C16H26F2N2. The Hall–Kier alpha value is -1.00. The first-order valence-electron chi connectivity index (χ1n) is 7.31. The fraction of sp³-hybridized carbons (Fsp3) is 0.625. The molecule has 1 aromatic carbocycles. The third-order valence-electron chi connectivity index (χ3n) is 3.97. The van der Waals surface area contributed by atoms with Crippen LogP contribution < -0.4 is 5.32 Å². The number of nitrogens with one attached hydrogen (secondary N) is 1. The molecule has 1 N–H and O–H groups in total. The van der Waals surface area contributed by atoms with Crippen molar-refractivity contribution in [3.05, 3.63) is 35.4 Å². The Balaban J connectivity index is 3.18. The van der Waals surface area contributed by atoms with Crippen molar-refractivity contribution in [2.24, 2.45) is 0 Å². The van der Waals surface area contributed by atoms with Crippen molar-refractivity contribution in [3.63, 3.8) is 0 Å². The van der Waals surface area contributed by atoms with E-state index in [1.165, 1.54) is 12.1 Å². The Kier molecular flexibility index (Phi) is 6.08. The summed E-state index contributed by atoms with van der Waals surface area (Å²) in [5.41, 5.74) is 0.590. The fourth-order valence-corrected chi connectivity index (χ4v) is 2.89. The molecule has 1 rings (SSSR count). The van der Waals surface area contributed by atoms with E-state index in [0.717, 1.165) is 25.2 Å². The molecule has 1 aromatic rings. The lowest BCUT2D eigenvalue weighted by molar-refractivity contribution is 0.0917. The monoisotopic (exact) mass is 284 g/mol. The van der Waals surface area contributed by atoms with Crippen LogP contribution in [0.1, 0.15) is 46.2 Å². The molecule has 0 amide bonds. The second-order valence-corrected chi connectivity index (χ2v) is 5.49. The second-order valence-electron chi connectivity index (χ2n) is 5.49. The number of rotatable bonds is 7. The Morgan fingerprint density at radius 1 is 1.10 bits per heavy atom. The van der Waals surface area contributed by atoms with Crippen molar-refractivity contribution in [2.75, 3.05) is 19.6 Å². The molecule has 0 radical (unpaired) electrons. The smallest absolute Gasteiger partial charge is 0.159 e. The van der Waals surface area contributed by atoms with Gasteiger partial charge in [0.25, 0.3) is 0 Å². The molecule has 0 fully saturated rings. The second kappa shape index (κ2) is 7.14. The summed E-state index contributed by atoms with van der Waals surface area (Å²) in [4.78, 5) is 2.32. The first kappa shape index (κ1) is 17.1. The van der Waals surface area contributed by atoms with Crippen LogP contribution in [0.5, 0.6) is 0 Å². The Morgan fingerprint density at radius 2 is 1.70 bits per heavy atom. The standard InChI is InChI=1S/C16H26F2N2/c1-6-19-15(16(4,5)20(7-2)8-3)12-9-10-13(17)14(18)11-12/h9-11,15,19H,6-8H2,1-5H3. The molecule has 0 saturated carbocycles. The predicted octanol–water partition coefficient (Wildman–Crippen LogP) is 3.74. The summed E-state index contributed by atoms with van der Waals surface area (Å²) in [6.07, 6.45) is 0. The quantitative estimate of drug-likeness (QED) is 0.820. The molecule has 0 spiro atoms. The number of benzene rings is 1. The zero-order valence-electron chi connectivity index (χ0n) is 13.1. The van der Waals surface area contributed by atoms with Crippen LogP contribution in [0, 0.1) is 11.6 Å². The van der Waals surface area contributed by atoms with Crippen molar-refractivity contribution >= 4 is 0 Å². The lowest BCUT2D eigenvalue weighted by Crippen LogP contribution is -2.52. The van der Waals surface area contributed by atoms with Gasteiger partial charge in [-0.15, -0.1) is 0 Å². The van der Waals surface area contributed by atoms with Crippen molar-refractivity contribution in [1.82, 2.24) is 10.2 Å². The average Bonchev–Trinajstić information content (AvgIpc) is 2.40. The van der Waals surface area contributed by atoms with E-state index in [9.17, 15) is 8.78 Å². The number of halogens is 2. The van der Waals surface area contributed by atoms with E-state index in [4.69, 9.17) is 0 Å². The van der Waals surface area contributed by atoms with E-state index >= 15 is 0 Å². The van der Waals surface area contributed by atoms with Crippen molar-refractivity contribution < 1.29 is 8.78 Å². The van der Waals surface area contributed by atoms with Crippen molar-refractivity contribution in [2.45, 2.75) is 46.2 Å². The fourth-order valence-electron chi connectivity index (χ4n) is 2.89. The van der Waals surface area contributed by atoms with Gasteiger partial charge >= 0.3 is 0 Å². The topological polar surface area (TPSA) is 15.3 Å². The van der Waals surface area contributed by atoms with Gasteiger partial charge in [-0.3, -0.25) is 4.90 Å². The third kappa shape index (κ3) is 3.55. The van der Waals surface area contributed by atoms with E-state index in [0.29, 0.717) is 0 Å². The molecule has 0 heterocycles. The third-order valence-corrected chi connectivity index (χ3v) is 3.97. The Morgan fingerprint density at radius 3 is 2.15 bits per heavy atom. The first-order chi connectivity index (χ1) is 9.38. The van der Waals surface area contributed by atoms with Gasteiger partial charge in [-0.1, -0.05) is 26.8 Å². The van der Waals surface area contributed by atoms with Crippen LogP contribution in [-0.2, 0) is 0 Å².